The van der Waals surface area contributed by atoms with Crippen molar-refractivity contribution in [3.8, 4) is 5.75 Å². The van der Waals surface area contributed by atoms with Crippen molar-refractivity contribution in [2.75, 3.05) is 11.9 Å². The molecule has 1 N–H and O–H groups in total. The van der Waals surface area contributed by atoms with Crippen LogP contribution < -0.4 is 10.1 Å². The van der Waals surface area contributed by atoms with Crippen LogP contribution in [0, 0.1) is 0 Å². The Bertz CT molecular complexity index is 578. The van der Waals surface area contributed by atoms with E-state index >= 15 is 0 Å². The van der Waals surface area contributed by atoms with E-state index in [9.17, 15) is 4.79 Å². The molecule has 0 spiro atoms. The van der Waals surface area contributed by atoms with Gasteiger partial charge >= 0.3 is 0 Å². The maximum atomic E-state index is 11.9. The number of ether oxygens (including phenoxy) is 1. The van der Waals surface area contributed by atoms with E-state index < -0.39 is 0 Å². The molecule has 0 radical (unpaired) electrons. The lowest BCUT2D eigenvalue weighted by Gasteiger charge is -2.06. The molecule has 19 heavy (non-hydrogen) atoms. The summed E-state index contributed by atoms with van der Waals surface area (Å²) in [5.74, 6) is 1.00. The largest absolute Gasteiger partial charge is 0.493 e. The molecule has 0 fully saturated rings. The van der Waals surface area contributed by atoms with E-state index in [1.165, 1.54) is 10.4 Å². The predicted molar refractivity (Wildman–Crippen MR) is 76.9 cm³/mol. The van der Waals surface area contributed by atoms with Gasteiger partial charge in [0.2, 0.25) is 5.91 Å². The first-order valence-corrected chi connectivity index (χ1v) is 7.27. The number of thiophene rings is 1. The maximum Gasteiger partial charge on any atom is 0.224 e. The number of rotatable bonds is 4. The number of hydrogen-bond acceptors (Lipinski definition) is 3. The van der Waals surface area contributed by atoms with Gasteiger partial charge in [0, 0.05) is 23.4 Å². The number of carbonyl (C=O) groups is 1. The quantitative estimate of drug-likeness (QED) is 0.928. The van der Waals surface area contributed by atoms with Gasteiger partial charge in [-0.2, -0.15) is 0 Å². The molecule has 1 aromatic carbocycles. The third-order valence-corrected chi connectivity index (χ3v) is 4.09. The van der Waals surface area contributed by atoms with Crippen LogP contribution in [0.15, 0.2) is 35.7 Å². The Morgan fingerprint density at radius 1 is 1.37 bits per heavy atom. The molecule has 1 aliphatic heterocycles. The number of aryl methyl sites for hydroxylation is 1. The van der Waals surface area contributed by atoms with E-state index in [0.717, 1.165) is 30.9 Å². The maximum absolute atomic E-state index is 11.9. The fourth-order valence-electron chi connectivity index (χ4n) is 2.18. The second kappa shape index (κ2) is 5.45. The Balaban J connectivity index is 1.57. The van der Waals surface area contributed by atoms with Crippen molar-refractivity contribution in [3.63, 3.8) is 0 Å². The zero-order valence-corrected chi connectivity index (χ0v) is 11.3. The van der Waals surface area contributed by atoms with Gasteiger partial charge in [-0.05, 0) is 41.6 Å². The van der Waals surface area contributed by atoms with Gasteiger partial charge in [0.05, 0.1) is 6.61 Å². The van der Waals surface area contributed by atoms with Crippen LogP contribution in [-0.4, -0.2) is 12.5 Å². The van der Waals surface area contributed by atoms with Crippen LogP contribution in [0.25, 0.3) is 0 Å². The minimum absolute atomic E-state index is 0.0623. The average Bonchev–Trinajstić information content (AvgIpc) is 3.07. The van der Waals surface area contributed by atoms with E-state index in [4.69, 9.17) is 4.74 Å². The normalized spacial score (nSPS) is 12.8. The molecule has 1 amide bonds. The van der Waals surface area contributed by atoms with Gasteiger partial charge in [0.1, 0.15) is 5.75 Å². The topological polar surface area (TPSA) is 38.3 Å². The van der Waals surface area contributed by atoms with Gasteiger partial charge in [-0.1, -0.05) is 6.07 Å². The minimum atomic E-state index is 0.0623. The molecule has 3 rings (SSSR count). The molecule has 0 saturated carbocycles. The number of amides is 1. The first-order valence-electron chi connectivity index (χ1n) is 6.39. The van der Waals surface area contributed by atoms with E-state index in [1.54, 1.807) is 11.3 Å². The Morgan fingerprint density at radius 3 is 3.16 bits per heavy atom. The average molecular weight is 273 g/mol. The van der Waals surface area contributed by atoms with E-state index in [2.05, 4.69) is 11.4 Å². The van der Waals surface area contributed by atoms with Crippen LogP contribution in [0.3, 0.4) is 0 Å². The van der Waals surface area contributed by atoms with Crippen molar-refractivity contribution in [2.24, 2.45) is 0 Å². The molecule has 3 nitrogen and oxygen atoms in total. The Hall–Kier alpha value is -1.81. The van der Waals surface area contributed by atoms with Crippen molar-refractivity contribution < 1.29 is 9.53 Å². The lowest BCUT2D eigenvalue weighted by atomic mass is 10.1. The Labute approximate surface area is 116 Å². The van der Waals surface area contributed by atoms with Crippen molar-refractivity contribution in [1.29, 1.82) is 0 Å². The van der Waals surface area contributed by atoms with Crippen LogP contribution in [0.4, 0.5) is 5.69 Å². The second-order valence-corrected chi connectivity index (χ2v) is 5.58. The van der Waals surface area contributed by atoms with Crippen LogP contribution in [0.2, 0.25) is 0 Å². The highest BCUT2D eigenvalue weighted by atomic mass is 32.1. The highest BCUT2D eigenvalue weighted by Crippen LogP contribution is 2.27. The van der Waals surface area contributed by atoms with Gasteiger partial charge in [-0.3, -0.25) is 4.79 Å². The lowest BCUT2D eigenvalue weighted by Crippen LogP contribution is -2.12. The van der Waals surface area contributed by atoms with Crippen LogP contribution in [0.1, 0.15) is 16.9 Å². The molecule has 0 saturated heterocycles. The smallest absolute Gasteiger partial charge is 0.224 e. The summed E-state index contributed by atoms with van der Waals surface area (Å²) in [4.78, 5) is 13.1. The first kappa shape index (κ1) is 12.2. The van der Waals surface area contributed by atoms with E-state index in [-0.39, 0.29) is 5.91 Å². The molecule has 2 aromatic rings. The summed E-state index contributed by atoms with van der Waals surface area (Å²) in [6, 6.07) is 9.90. The third kappa shape index (κ3) is 2.96. The molecule has 2 heterocycles. The third-order valence-electron chi connectivity index (χ3n) is 3.15. The molecular weight excluding hydrogens is 258 g/mol. The fourth-order valence-corrected chi connectivity index (χ4v) is 2.89. The summed E-state index contributed by atoms with van der Waals surface area (Å²) < 4.78 is 5.44. The molecule has 0 aliphatic carbocycles. The van der Waals surface area contributed by atoms with Crippen molar-refractivity contribution in [3.05, 3.63) is 46.2 Å². The Morgan fingerprint density at radius 2 is 2.32 bits per heavy atom. The van der Waals surface area contributed by atoms with Crippen molar-refractivity contribution in [2.45, 2.75) is 19.3 Å². The fraction of sp³-hybridized carbons (Fsp3) is 0.267. The number of nitrogens with one attached hydrogen (secondary N) is 1. The molecule has 98 valence electrons. The number of hydrogen-bond donors (Lipinski definition) is 1. The number of anilines is 1. The van der Waals surface area contributed by atoms with Crippen LogP contribution >= 0.6 is 11.3 Å². The van der Waals surface area contributed by atoms with Gasteiger partial charge in [-0.25, -0.2) is 0 Å². The highest BCUT2D eigenvalue weighted by Gasteiger charge is 2.12. The standard InChI is InChI=1S/C15H15NO2S/c17-15(6-4-13-2-1-9-19-13)16-12-3-5-14-11(10-12)7-8-18-14/h1-3,5,9-10H,4,6-8H2,(H,16,17). The monoisotopic (exact) mass is 273 g/mol. The van der Waals surface area contributed by atoms with Crippen molar-refractivity contribution in [1.82, 2.24) is 0 Å². The lowest BCUT2D eigenvalue weighted by molar-refractivity contribution is -0.116. The minimum Gasteiger partial charge on any atom is -0.493 e. The summed E-state index contributed by atoms with van der Waals surface area (Å²) >= 11 is 1.69. The van der Waals surface area contributed by atoms with Gasteiger partial charge in [0.15, 0.2) is 0 Å². The van der Waals surface area contributed by atoms with Crippen LogP contribution in [0.5, 0.6) is 5.75 Å². The molecule has 0 unspecified atom stereocenters. The molecule has 1 aliphatic rings. The first-order chi connectivity index (χ1) is 9.31. The summed E-state index contributed by atoms with van der Waals surface area (Å²) in [7, 11) is 0. The van der Waals surface area contributed by atoms with Gasteiger partial charge in [0.25, 0.3) is 0 Å². The zero-order chi connectivity index (χ0) is 13.1. The highest BCUT2D eigenvalue weighted by molar-refractivity contribution is 7.09. The van der Waals surface area contributed by atoms with E-state index in [1.807, 2.05) is 29.6 Å². The number of carbonyl (C=O) groups excluding carboxylic acids is 1. The second-order valence-electron chi connectivity index (χ2n) is 4.55. The molecular formula is C15H15NO2S. The summed E-state index contributed by atoms with van der Waals surface area (Å²) in [5, 5.41) is 4.98. The summed E-state index contributed by atoms with van der Waals surface area (Å²) in [5.41, 5.74) is 2.04. The van der Waals surface area contributed by atoms with Crippen molar-refractivity contribution >= 4 is 22.9 Å². The SMILES string of the molecule is O=C(CCc1cccs1)Nc1ccc2c(c1)CCO2. The zero-order valence-electron chi connectivity index (χ0n) is 10.5. The van der Waals surface area contributed by atoms with Gasteiger partial charge in [-0.15, -0.1) is 11.3 Å². The summed E-state index contributed by atoms with van der Waals surface area (Å²) in [6.07, 6.45) is 2.25. The molecule has 0 bridgehead atoms. The molecule has 0 atom stereocenters. The van der Waals surface area contributed by atoms with Gasteiger partial charge < -0.3 is 10.1 Å². The molecule has 1 aromatic heterocycles. The Kier molecular flexibility index (Phi) is 3.51. The number of fused-ring (bicyclic) bond motifs is 1. The number of benzene rings is 1. The van der Waals surface area contributed by atoms with E-state index in [0.29, 0.717) is 6.42 Å². The summed E-state index contributed by atoms with van der Waals surface area (Å²) in [6.45, 7) is 0.741. The van der Waals surface area contributed by atoms with Crippen LogP contribution in [-0.2, 0) is 17.6 Å². The molecule has 4 heteroatoms. The predicted octanol–water partition coefficient (Wildman–Crippen LogP) is 3.25.